The minimum Gasteiger partial charge on any atom is -0.496 e. The largest absolute Gasteiger partial charge is 0.496 e. The number of nitrogens with one attached hydrogen (secondary N) is 1. The molecule has 12 nitrogen and oxygen atoms in total. The zero-order chi connectivity index (χ0) is 26.8. The van der Waals surface area contributed by atoms with Crippen LogP contribution in [0.4, 0.5) is 4.39 Å². The number of hydrogen-bond acceptors (Lipinski definition) is 10. The molecule has 3 aromatic heterocycles. The van der Waals surface area contributed by atoms with Crippen LogP contribution in [0.3, 0.4) is 0 Å². The van der Waals surface area contributed by atoms with Gasteiger partial charge in [0.05, 0.1) is 44.1 Å². The maximum atomic E-state index is 14.1. The molecule has 14 heteroatoms. The molecule has 1 saturated heterocycles. The van der Waals surface area contributed by atoms with Gasteiger partial charge in [-0.3, -0.25) is 14.2 Å². The van der Waals surface area contributed by atoms with E-state index in [0.29, 0.717) is 32.1 Å². The van der Waals surface area contributed by atoms with Crippen molar-refractivity contribution in [2.45, 2.75) is 25.5 Å². The highest BCUT2D eigenvalue weighted by Crippen LogP contribution is 2.34. The summed E-state index contributed by atoms with van der Waals surface area (Å²) >= 11 is 1.23. The lowest BCUT2D eigenvalue weighted by Crippen LogP contribution is -2.30. The molecule has 0 radical (unpaired) electrons. The lowest BCUT2D eigenvalue weighted by atomic mass is 10.1. The summed E-state index contributed by atoms with van der Waals surface area (Å²) in [6, 6.07) is 3.45. The van der Waals surface area contributed by atoms with Gasteiger partial charge in [-0.15, -0.1) is 4.80 Å². The molecule has 0 saturated carbocycles. The van der Waals surface area contributed by atoms with Gasteiger partial charge in [0.25, 0.3) is 5.56 Å². The molecule has 1 aromatic carbocycles. The van der Waals surface area contributed by atoms with E-state index in [-0.39, 0.29) is 50.3 Å². The van der Waals surface area contributed by atoms with E-state index < -0.39 is 18.0 Å². The Balaban J connectivity index is 1.57. The molecule has 2 N–H and O–H groups in total. The van der Waals surface area contributed by atoms with Crippen LogP contribution < -0.4 is 20.3 Å². The summed E-state index contributed by atoms with van der Waals surface area (Å²) in [4.78, 5) is 32.3. The quantitative estimate of drug-likeness (QED) is 0.305. The van der Waals surface area contributed by atoms with Crippen LogP contribution in [0.1, 0.15) is 29.7 Å². The highest BCUT2D eigenvalue weighted by molar-refractivity contribution is 7.21. The van der Waals surface area contributed by atoms with Crippen molar-refractivity contribution < 1.29 is 28.5 Å². The summed E-state index contributed by atoms with van der Waals surface area (Å²) in [6.07, 6.45) is 2.30. The van der Waals surface area contributed by atoms with Crippen molar-refractivity contribution >= 4 is 27.5 Å². The third-order valence-corrected chi connectivity index (χ3v) is 7.32. The molecule has 5 rings (SSSR count). The number of halogens is 1. The smallest absolute Gasteiger partial charge is 0.301 e. The van der Waals surface area contributed by atoms with Gasteiger partial charge < -0.3 is 24.6 Å². The lowest BCUT2D eigenvalue weighted by Gasteiger charge is -2.22. The molecule has 4 heterocycles. The first kappa shape index (κ1) is 25.8. The summed E-state index contributed by atoms with van der Waals surface area (Å²) in [5.41, 5.74) is 0.660. The molecule has 2 atom stereocenters. The lowest BCUT2D eigenvalue weighted by molar-refractivity contribution is -0.119. The first-order valence-electron chi connectivity index (χ1n) is 11.8. The molecule has 1 fully saturated rings. The van der Waals surface area contributed by atoms with E-state index in [0.717, 1.165) is 0 Å². The van der Waals surface area contributed by atoms with Gasteiger partial charge >= 0.3 is 6.01 Å². The highest BCUT2D eigenvalue weighted by atomic mass is 32.1. The Morgan fingerprint density at radius 2 is 2.08 bits per heavy atom. The van der Waals surface area contributed by atoms with Crippen molar-refractivity contribution in [3.63, 3.8) is 0 Å². The van der Waals surface area contributed by atoms with Gasteiger partial charge in [0.1, 0.15) is 34.1 Å². The molecule has 1 amide bonds. The van der Waals surface area contributed by atoms with Crippen LogP contribution in [0.2, 0.25) is 0 Å². The van der Waals surface area contributed by atoms with Gasteiger partial charge in [0, 0.05) is 24.1 Å². The number of benzene rings is 1. The summed E-state index contributed by atoms with van der Waals surface area (Å²) in [5, 5.41) is 21.4. The van der Waals surface area contributed by atoms with E-state index in [1.54, 1.807) is 6.92 Å². The average Bonchev–Trinajstić information content (AvgIpc) is 3.65. The number of aromatic nitrogens is 5. The van der Waals surface area contributed by atoms with Crippen LogP contribution in [0.25, 0.3) is 15.2 Å². The van der Waals surface area contributed by atoms with E-state index in [1.165, 1.54) is 58.4 Å². The number of fused-ring (bicyclic) bond motifs is 1. The van der Waals surface area contributed by atoms with Gasteiger partial charge in [-0.05, 0) is 25.1 Å². The molecular weight excluding hydrogens is 519 g/mol. The fourth-order valence-corrected chi connectivity index (χ4v) is 5.48. The van der Waals surface area contributed by atoms with Gasteiger partial charge in [-0.1, -0.05) is 11.3 Å². The molecule has 200 valence electrons. The van der Waals surface area contributed by atoms with Crippen LogP contribution in [0.5, 0.6) is 11.8 Å². The van der Waals surface area contributed by atoms with Crippen molar-refractivity contribution in [1.29, 1.82) is 0 Å². The zero-order valence-corrected chi connectivity index (χ0v) is 21.4. The van der Waals surface area contributed by atoms with Crippen molar-refractivity contribution in [1.82, 2.24) is 29.9 Å². The van der Waals surface area contributed by atoms with Crippen molar-refractivity contribution in [3.05, 3.63) is 57.9 Å². The van der Waals surface area contributed by atoms with Gasteiger partial charge in [0.2, 0.25) is 5.91 Å². The molecule has 0 spiro atoms. The number of aliphatic hydroxyl groups is 1. The number of thiophene rings is 1. The topological polar surface area (TPSA) is 143 Å². The fourth-order valence-electron chi connectivity index (χ4n) is 4.40. The molecule has 0 aliphatic carbocycles. The zero-order valence-electron chi connectivity index (χ0n) is 20.6. The maximum absolute atomic E-state index is 14.1. The minimum atomic E-state index is -0.855. The van der Waals surface area contributed by atoms with E-state index in [2.05, 4.69) is 20.5 Å². The molecule has 4 aromatic rings. The number of rotatable bonds is 10. The van der Waals surface area contributed by atoms with Crippen LogP contribution in [0.15, 0.2) is 35.4 Å². The Kier molecular flexibility index (Phi) is 7.35. The second-order valence-corrected chi connectivity index (χ2v) is 9.52. The normalized spacial score (nSPS) is 16.1. The van der Waals surface area contributed by atoms with Crippen LogP contribution in [-0.2, 0) is 9.53 Å². The Labute approximate surface area is 219 Å². The third kappa shape index (κ3) is 4.85. The number of ether oxygens (including phenoxy) is 3. The van der Waals surface area contributed by atoms with E-state index in [4.69, 9.17) is 14.2 Å². The first-order chi connectivity index (χ1) is 18.4. The summed E-state index contributed by atoms with van der Waals surface area (Å²) < 4.78 is 32.7. The number of aryl methyl sites for hydroxylation is 1. The number of hydrogen-bond donors (Lipinski definition) is 2. The second-order valence-electron chi connectivity index (χ2n) is 8.54. The van der Waals surface area contributed by atoms with E-state index >= 15 is 0 Å². The molecule has 1 aliphatic rings. The van der Waals surface area contributed by atoms with E-state index in [1.807, 2.05) is 0 Å². The number of aliphatic hydroxyl groups excluding tert-OH is 1. The van der Waals surface area contributed by atoms with Crippen LogP contribution >= 0.6 is 11.3 Å². The van der Waals surface area contributed by atoms with Gasteiger partial charge in [-0.25, -0.2) is 4.39 Å². The Hall–Kier alpha value is -3.88. The van der Waals surface area contributed by atoms with Gasteiger partial charge in [-0.2, -0.15) is 15.2 Å². The number of amides is 1. The average molecular weight is 545 g/mol. The van der Waals surface area contributed by atoms with E-state index in [9.17, 15) is 19.1 Å². The van der Waals surface area contributed by atoms with Crippen LogP contribution in [0, 0.1) is 12.7 Å². The van der Waals surface area contributed by atoms with Crippen molar-refractivity contribution in [2.24, 2.45) is 0 Å². The molecule has 0 unspecified atom stereocenters. The monoisotopic (exact) mass is 544 g/mol. The predicted molar refractivity (Wildman–Crippen MR) is 134 cm³/mol. The van der Waals surface area contributed by atoms with Crippen molar-refractivity contribution in [2.75, 3.05) is 33.5 Å². The third-order valence-electron chi connectivity index (χ3n) is 6.17. The number of carbonyl (C=O) groups is 1. The highest BCUT2D eigenvalue weighted by Gasteiger charge is 2.30. The Morgan fingerprint density at radius 3 is 2.76 bits per heavy atom. The molecule has 0 bridgehead atoms. The fraction of sp³-hybridized carbons (Fsp3) is 0.375. The summed E-state index contributed by atoms with van der Waals surface area (Å²) in [5.74, 6) is -0.320. The number of methoxy groups -OCH3 is 1. The Bertz CT molecular complexity index is 1520. The Morgan fingerprint density at radius 1 is 1.29 bits per heavy atom. The van der Waals surface area contributed by atoms with Crippen LogP contribution in [-0.4, -0.2) is 69.0 Å². The minimum absolute atomic E-state index is 0.0156. The van der Waals surface area contributed by atoms with Crippen molar-refractivity contribution in [3.8, 4) is 16.8 Å². The molecular formula is C24H25FN6O6S. The predicted octanol–water partition coefficient (Wildman–Crippen LogP) is 1.68. The first-order valence-corrected chi connectivity index (χ1v) is 12.6. The second kappa shape index (κ2) is 10.8. The SMILES string of the molecule is COc1ccc(F)cc1[C@H](COc1nc2sc(-n3nccn3)c(C)c2c(=O)n1[C@@H]1CNC(=O)C1)OCCO. The maximum Gasteiger partial charge on any atom is 0.301 e. The summed E-state index contributed by atoms with van der Waals surface area (Å²) in [7, 11) is 1.45. The molecule has 38 heavy (non-hydrogen) atoms. The standard InChI is InChI=1S/C24H25FN6O6S/c1-13-20-21(38-23(13)31-27-5-6-28-31)29-24(30(22(20)34)15-10-19(33)26-11-15)37-12-18(36-8-7-32)16-9-14(25)3-4-17(16)35-2/h3-6,9,15,18,32H,7-8,10-12H2,1-2H3,(H,26,33)/t15-,18-/m0/s1. The molecule has 1 aliphatic heterocycles. The number of carbonyl (C=O) groups excluding carboxylic acids is 1. The number of nitrogens with zero attached hydrogens (tertiary/aromatic N) is 5. The summed E-state index contributed by atoms with van der Waals surface area (Å²) in [6.45, 7) is 1.54. The van der Waals surface area contributed by atoms with Gasteiger partial charge in [0.15, 0.2) is 0 Å².